The van der Waals surface area contributed by atoms with Gasteiger partial charge in [-0.05, 0) is 13.3 Å². The average Bonchev–Trinajstić information content (AvgIpc) is 2.37. The van der Waals surface area contributed by atoms with Gasteiger partial charge in [-0.2, -0.15) is 0 Å². The summed E-state index contributed by atoms with van der Waals surface area (Å²) in [6.07, 6.45) is 2.13. The van der Waals surface area contributed by atoms with Crippen LogP contribution in [0.15, 0.2) is 17.1 Å². The standard InChI is InChI=1S/C13H20N2O4/c1-10-8-12(16)11(9-15-10)13(17)14-4-3-5-19-7-6-18-2/h8-9H,3-7H2,1-2H3,(H,14,17)(H,15,16). The molecule has 0 atom stereocenters. The fourth-order valence-electron chi connectivity index (χ4n) is 1.47. The van der Waals surface area contributed by atoms with E-state index in [2.05, 4.69) is 10.3 Å². The molecule has 0 bridgehead atoms. The SMILES string of the molecule is COCCOCCCNC(=O)c1c[nH]c(C)cc1=O. The molecule has 0 saturated heterocycles. The molecule has 0 aromatic carbocycles. The summed E-state index contributed by atoms with van der Waals surface area (Å²) in [5.41, 5.74) is 0.587. The van der Waals surface area contributed by atoms with E-state index >= 15 is 0 Å². The summed E-state index contributed by atoms with van der Waals surface area (Å²) >= 11 is 0. The maximum absolute atomic E-state index is 11.7. The number of H-pyrrole nitrogens is 1. The second-order valence-corrected chi connectivity index (χ2v) is 4.11. The van der Waals surface area contributed by atoms with Gasteiger partial charge in [0.1, 0.15) is 5.56 Å². The van der Waals surface area contributed by atoms with Gasteiger partial charge in [0.05, 0.1) is 13.2 Å². The first-order valence-corrected chi connectivity index (χ1v) is 6.19. The lowest BCUT2D eigenvalue weighted by atomic mass is 10.2. The minimum atomic E-state index is -0.363. The maximum Gasteiger partial charge on any atom is 0.256 e. The molecule has 1 amide bonds. The Balaban J connectivity index is 2.26. The number of nitrogens with one attached hydrogen (secondary N) is 2. The number of ether oxygens (including phenoxy) is 2. The molecule has 1 aromatic heterocycles. The van der Waals surface area contributed by atoms with Gasteiger partial charge in [0.25, 0.3) is 5.91 Å². The summed E-state index contributed by atoms with van der Waals surface area (Å²) in [5, 5.41) is 2.68. The Bertz CT molecular complexity index is 456. The van der Waals surface area contributed by atoms with Crippen molar-refractivity contribution in [3.05, 3.63) is 33.7 Å². The van der Waals surface area contributed by atoms with Crippen LogP contribution in [0, 0.1) is 6.92 Å². The monoisotopic (exact) mass is 268 g/mol. The summed E-state index contributed by atoms with van der Waals surface area (Å²) in [5.74, 6) is -0.363. The smallest absolute Gasteiger partial charge is 0.256 e. The fraction of sp³-hybridized carbons (Fsp3) is 0.538. The fourth-order valence-corrected chi connectivity index (χ4v) is 1.47. The van der Waals surface area contributed by atoms with Crippen molar-refractivity contribution in [3.8, 4) is 0 Å². The van der Waals surface area contributed by atoms with Gasteiger partial charge in [-0.15, -0.1) is 0 Å². The molecule has 0 aliphatic heterocycles. The number of hydrogen-bond acceptors (Lipinski definition) is 4. The third-order valence-electron chi connectivity index (χ3n) is 2.48. The van der Waals surface area contributed by atoms with Gasteiger partial charge in [0.15, 0.2) is 5.43 Å². The number of pyridine rings is 1. The van der Waals surface area contributed by atoms with E-state index in [1.807, 2.05) is 0 Å². The Labute approximate surface area is 112 Å². The molecular weight excluding hydrogens is 248 g/mol. The number of amides is 1. The molecule has 106 valence electrons. The molecule has 6 nitrogen and oxygen atoms in total. The van der Waals surface area contributed by atoms with Gasteiger partial charge < -0.3 is 19.8 Å². The number of methoxy groups -OCH3 is 1. The Morgan fingerprint density at radius 3 is 2.84 bits per heavy atom. The van der Waals surface area contributed by atoms with Crippen molar-refractivity contribution in [2.75, 3.05) is 33.5 Å². The van der Waals surface area contributed by atoms with Crippen LogP contribution in [0.25, 0.3) is 0 Å². The Kier molecular flexibility index (Phi) is 6.84. The van der Waals surface area contributed by atoms with Crippen LogP contribution < -0.4 is 10.7 Å². The molecule has 1 rings (SSSR count). The Morgan fingerprint density at radius 1 is 1.37 bits per heavy atom. The highest BCUT2D eigenvalue weighted by Gasteiger charge is 2.08. The van der Waals surface area contributed by atoms with Crippen molar-refractivity contribution < 1.29 is 14.3 Å². The van der Waals surface area contributed by atoms with Crippen LogP contribution >= 0.6 is 0 Å². The van der Waals surface area contributed by atoms with Crippen LogP contribution in [-0.2, 0) is 9.47 Å². The largest absolute Gasteiger partial charge is 0.382 e. The lowest BCUT2D eigenvalue weighted by Crippen LogP contribution is -2.30. The van der Waals surface area contributed by atoms with Crippen LogP contribution in [-0.4, -0.2) is 44.4 Å². The van der Waals surface area contributed by atoms with Crippen LogP contribution in [0.5, 0.6) is 0 Å². The zero-order valence-corrected chi connectivity index (χ0v) is 11.3. The first kappa shape index (κ1) is 15.4. The third-order valence-corrected chi connectivity index (χ3v) is 2.48. The summed E-state index contributed by atoms with van der Waals surface area (Å²) in [7, 11) is 1.61. The quantitative estimate of drug-likeness (QED) is 0.671. The van der Waals surface area contributed by atoms with Crippen molar-refractivity contribution in [1.29, 1.82) is 0 Å². The van der Waals surface area contributed by atoms with E-state index in [1.54, 1.807) is 14.0 Å². The molecule has 2 N–H and O–H groups in total. The summed E-state index contributed by atoms with van der Waals surface area (Å²) < 4.78 is 10.1. The van der Waals surface area contributed by atoms with E-state index in [-0.39, 0.29) is 16.9 Å². The van der Waals surface area contributed by atoms with Gasteiger partial charge in [0, 0.05) is 38.2 Å². The van der Waals surface area contributed by atoms with Gasteiger partial charge >= 0.3 is 0 Å². The third kappa shape index (κ3) is 5.67. The van der Waals surface area contributed by atoms with E-state index < -0.39 is 0 Å². The van der Waals surface area contributed by atoms with Crippen LogP contribution in [0.2, 0.25) is 0 Å². The highest BCUT2D eigenvalue weighted by atomic mass is 16.5. The topological polar surface area (TPSA) is 80.4 Å². The number of aryl methyl sites for hydroxylation is 1. The van der Waals surface area contributed by atoms with Crippen molar-refractivity contribution in [2.45, 2.75) is 13.3 Å². The number of hydrogen-bond donors (Lipinski definition) is 2. The average molecular weight is 268 g/mol. The van der Waals surface area contributed by atoms with E-state index in [0.29, 0.717) is 32.8 Å². The van der Waals surface area contributed by atoms with Crippen molar-refractivity contribution in [3.63, 3.8) is 0 Å². The van der Waals surface area contributed by atoms with E-state index in [9.17, 15) is 9.59 Å². The predicted molar refractivity (Wildman–Crippen MR) is 71.4 cm³/mol. The molecule has 0 saturated carbocycles. The maximum atomic E-state index is 11.7. The number of carbonyl (C=O) groups is 1. The molecule has 1 aromatic rings. The first-order chi connectivity index (χ1) is 9.15. The van der Waals surface area contributed by atoms with Gasteiger partial charge in [0.2, 0.25) is 0 Å². The molecule has 6 heteroatoms. The van der Waals surface area contributed by atoms with Gasteiger partial charge in [-0.25, -0.2) is 0 Å². The second-order valence-electron chi connectivity index (χ2n) is 4.11. The highest BCUT2D eigenvalue weighted by Crippen LogP contribution is 1.92. The molecule has 0 spiro atoms. The van der Waals surface area contributed by atoms with Gasteiger partial charge in [-0.3, -0.25) is 9.59 Å². The van der Waals surface area contributed by atoms with Crippen LogP contribution in [0.4, 0.5) is 0 Å². The van der Waals surface area contributed by atoms with Crippen molar-refractivity contribution >= 4 is 5.91 Å². The lowest BCUT2D eigenvalue weighted by molar-refractivity contribution is 0.0688. The summed E-state index contributed by atoms with van der Waals surface area (Å²) in [6.45, 7) is 3.89. The normalized spacial score (nSPS) is 10.4. The van der Waals surface area contributed by atoms with Crippen LogP contribution in [0.3, 0.4) is 0 Å². The van der Waals surface area contributed by atoms with Crippen molar-refractivity contribution in [2.24, 2.45) is 0 Å². The Hall–Kier alpha value is -1.66. The summed E-state index contributed by atoms with van der Waals surface area (Å²) in [4.78, 5) is 26.1. The molecule has 19 heavy (non-hydrogen) atoms. The molecule has 1 heterocycles. The zero-order valence-electron chi connectivity index (χ0n) is 11.3. The molecule has 0 unspecified atom stereocenters. The van der Waals surface area contributed by atoms with Crippen LogP contribution in [0.1, 0.15) is 22.5 Å². The minimum absolute atomic E-state index is 0.130. The number of aromatic amines is 1. The van der Waals surface area contributed by atoms with Crippen molar-refractivity contribution in [1.82, 2.24) is 10.3 Å². The van der Waals surface area contributed by atoms with E-state index in [4.69, 9.17) is 9.47 Å². The Morgan fingerprint density at radius 2 is 2.16 bits per heavy atom. The first-order valence-electron chi connectivity index (χ1n) is 6.19. The molecule has 0 fully saturated rings. The van der Waals surface area contributed by atoms with Gasteiger partial charge in [-0.1, -0.05) is 0 Å². The number of aromatic nitrogens is 1. The molecule has 0 aliphatic carbocycles. The van der Waals surface area contributed by atoms with E-state index in [0.717, 1.165) is 5.69 Å². The molecule has 0 radical (unpaired) electrons. The molecular formula is C13H20N2O4. The minimum Gasteiger partial charge on any atom is -0.382 e. The number of carbonyl (C=O) groups excluding carboxylic acids is 1. The number of rotatable bonds is 8. The predicted octanol–water partition coefficient (Wildman–Crippen LogP) is 0.466. The lowest BCUT2D eigenvalue weighted by Gasteiger charge is -2.06. The highest BCUT2D eigenvalue weighted by molar-refractivity contribution is 5.93. The summed E-state index contributed by atoms with van der Waals surface area (Å²) in [6, 6.07) is 1.41. The van der Waals surface area contributed by atoms with E-state index in [1.165, 1.54) is 12.3 Å². The zero-order chi connectivity index (χ0) is 14.1. The second kappa shape index (κ2) is 8.44. The molecule has 0 aliphatic rings.